The summed E-state index contributed by atoms with van der Waals surface area (Å²) in [6.07, 6.45) is 15.7. The van der Waals surface area contributed by atoms with Crippen LogP contribution in [0.15, 0.2) is 0 Å². The molecule has 1 unspecified atom stereocenters. The number of carbonyl (C=O) groups excluding carboxylic acids is 2. The van der Waals surface area contributed by atoms with Gasteiger partial charge in [-0.3, -0.25) is 9.59 Å². The van der Waals surface area contributed by atoms with E-state index in [2.05, 4.69) is 0 Å². The van der Waals surface area contributed by atoms with E-state index in [0.29, 0.717) is 6.42 Å². The third-order valence-electron chi connectivity index (χ3n) is 4.24. The Morgan fingerprint density at radius 1 is 0.727 bits per heavy atom. The SMILES string of the molecule is CCC(CCCCCCCCCCCCCC(=O)Cl)C(=O)Cl. The first-order valence-electron chi connectivity index (χ1n) is 8.95. The molecule has 0 fully saturated rings. The maximum absolute atomic E-state index is 11.1. The molecule has 130 valence electrons. The molecule has 22 heavy (non-hydrogen) atoms. The Balaban J connectivity index is 3.17. The van der Waals surface area contributed by atoms with Crippen molar-refractivity contribution in [1.29, 1.82) is 0 Å². The van der Waals surface area contributed by atoms with Gasteiger partial charge in [0.15, 0.2) is 0 Å². The molecule has 0 bridgehead atoms. The van der Waals surface area contributed by atoms with Crippen molar-refractivity contribution < 1.29 is 9.59 Å². The molecule has 2 nitrogen and oxygen atoms in total. The predicted molar refractivity (Wildman–Crippen MR) is 95.5 cm³/mol. The molecule has 0 saturated heterocycles. The van der Waals surface area contributed by atoms with Gasteiger partial charge in [0.05, 0.1) is 0 Å². The first-order valence-corrected chi connectivity index (χ1v) is 9.71. The van der Waals surface area contributed by atoms with Crippen molar-refractivity contribution in [2.75, 3.05) is 0 Å². The fourth-order valence-corrected chi connectivity index (χ4v) is 3.12. The van der Waals surface area contributed by atoms with Crippen molar-refractivity contribution in [2.45, 2.75) is 96.8 Å². The van der Waals surface area contributed by atoms with E-state index in [0.717, 1.165) is 32.1 Å². The minimum atomic E-state index is -0.208. The zero-order valence-electron chi connectivity index (χ0n) is 14.0. The Morgan fingerprint density at radius 3 is 1.50 bits per heavy atom. The molecule has 4 heteroatoms. The van der Waals surface area contributed by atoms with E-state index in [1.54, 1.807) is 0 Å². The lowest BCUT2D eigenvalue weighted by Gasteiger charge is -2.09. The summed E-state index contributed by atoms with van der Waals surface area (Å²) in [5.41, 5.74) is 0. The third-order valence-corrected chi connectivity index (χ3v) is 4.74. The van der Waals surface area contributed by atoms with Gasteiger partial charge in [-0.2, -0.15) is 0 Å². The summed E-state index contributed by atoms with van der Waals surface area (Å²) < 4.78 is 0. The van der Waals surface area contributed by atoms with Crippen LogP contribution >= 0.6 is 23.2 Å². The molecule has 0 aromatic carbocycles. The lowest BCUT2D eigenvalue weighted by atomic mass is 9.99. The van der Waals surface area contributed by atoms with Crippen molar-refractivity contribution in [3.8, 4) is 0 Å². The highest BCUT2D eigenvalue weighted by Gasteiger charge is 2.12. The molecule has 0 aromatic heterocycles. The number of carbonyl (C=O) groups is 2. The van der Waals surface area contributed by atoms with Gasteiger partial charge in [0.2, 0.25) is 10.5 Å². The minimum Gasteiger partial charge on any atom is -0.281 e. The van der Waals surface area contributed by atoms with Crippen LogP contribution < -0.4 is 0 Å². The topological polar surface area (TPSA) is 34.1 Å². The van der Waals surface area contributed by atoms with Crippen LogP contribution in [0.1, 0.15) is 96.8 Å². The molecule has 0 heterocycles. The highest BCUT2D eigenvalue weighted by molar-refractivity contribution is 6.64. The summed E-state index contributed by atoms with van der Waals surface area (Å²) in [5, 5.41) is -0.376. The monoisotopic (exact) mass is 350 g/mol. The van der Waals surface area contributed by atoms with Crippen LogP contribution in [0.4, 0.5) is 0 Å². The summed E-state index contributed by atoms with van der Waals surface area (Å²) in [7, 11) is 0. The van der Waals surface area contributed by atoms with E-state index in [4.69, 9.17) is 23.2 Å². The van der Waals surface area contributed by atoms with Crippen LogP contribution in [0, 0.1) is 5.92 Å². The smallest absolute Gasteiger partial charge is 0.224 e. The number of halogens is 2. The molecule has 1 atom stereocenters. The molecule has 0 aliphatic carbocycles. The van der Waals surface area contributed by atoms with Crippen molar-refractivity contribution >= 4 is 33.7 Å². The van der Waals surface area contributed by atoms with Crippen LogP contribution in [0.5, 0.6) is 0 Å². The largest absolute Gasteiger partial charge is 0.281 e. The highest BCUT2D eigenvalue weighted by Crippen LogP contribution is 2.18. The third kappa shape index (κ3) is 14.8. The summed E-state index contributed by atoms with van der Waals surface area (Å²) in [6, 6.07) is 0. The van der Waals surface area contributed by atoms with Gasteiger partial charge in [0, 0.05) is 12.3 Å². The Hall–Kier alpha value is -0.0800. The van der Waals surface area contributed by atoms with Gasteiger partial charge in [0.1, 0.15) is 0 Å². The van der Waals surface area contributed by atoms with E-state index in [1.807, 2.05) is 6.92 Å². The molecule has 0 aliphatic rings. The van der Waals surface area contributed by atoms with E-state index in [9.17, 15) is 9.59 Å². The maximum atomic E-state index is 11.1. The van der Waals surface area contributed by atoms with Crippen LogP contribution in [-0.4, -0.2) is 10.5 Å². The second-order valence-electron chi connectivity index (χ2n) is 6.19. The van der Waals surface area contributed by atoms with E-state index in [1.165, 1.54) is 51.4 Å². The zero-order valence-corrected chi connectivity index (χ0v) is 15.6. The maximum Gasteiger partial charge on any atom is 0.224 e. The van der Waals surface area contributed by atoms with E-state index < -0.39 is 0 Å². The van der Waals surface area contributed by atoms with Crippen molar-refractivity contribution in [1.82, 2.24) is 0 Å². The molecular weight excluding hydrogens is 319 g/mol. The first kappa shape index (κ1) is 21.9. The lowest BCUT2D eigenvalue weighted by Crippen LogP contribution is -2.06. The molecular formula is C18H32Cl2O2. The molecule has 0 rings (SSSR count). The Morgan fingerprint density at radius 2 is 1.14 bits per heavy atom. The fourth-order valence-electron chi connectivity index (χ4n) is 2.72. The second-order valence-corrected chi connectivity index (χ2v) is 6.99. The number of hydrogen-bond acceptors (Lipinski definition) is 2. The first-order chi connectivity index (χ1) is 10.6. The van der Waals surface area contributed by atoms with E-state index in [-0.39, 0.29) is 16.4 Å². The lowest BCUT2D eigenvalue weighted by molar-refractivity contribution is -0.115. The van der Waals surface area contributed by atoms with Gasteiger partial charge in [-0.05, 0) is 42.5 Å². The zero-order chi connectivity index (χ0) is 16.6. The average molecular weight is 351 g/mol. The van der Waals surface area contributed by atoms with Gasteiger partial charge in [-0.25, -0.2) is 0 Å². The fraction of sp³-hybridized carbons (Fsp3) is 0.889. The van der Waals surface area contributed by atoms with Crippen molar-refractivity contribution in [3.05, 3.63) is 0 Å². The molecule has 0 aliphatic heterocycles. The van der Waals surface area contributed by atoms with Crippen LogP contribution in [0.2, 0.25) is 0 Å². The molecule has 0 spiro atoms. The van der Waals surface area contributed by atoms with Gasteiger partial charge in [-0.15, -0.1) is 0 Å². The van der Waals surface area contributed by atoms with Crippen molar-refractivity contribution in [2.24, 2.45) is 5.92 Å². The number of hydrogen-bond donors (Lipinski definition) is 0. The van der Waals surface area contributed by atoms with Crippen LogP contribution in [-0.2, 0) is 9.59 Å². The molecule has 0 amide bonds. The molecule has 0 saturated carbocycles. The summed E-state index contributed by atoms with van der Waals surface area (Å²) in [6.45, 7) is 2.03. The summed E-state index contributed by atoms with van der Waals surface area (Å²) in [4.78, 5) is 21.6. The molecule has 0 N–H and O–H groups in total. The van der Waals surface area contributed by atoms with Gasteiger partial charge < -0.3 is 0 Å². The summed E-state index contributed by atoms with van der Waals surface area (Å²) >= 11 is 10.8. The predicted octanol–water partition coefficient (Wildman–Crippen LogP) is 6.61. The van der Waals surface area contributed by atoms with E-state index >= 15 is 0 Å². The Bertz CT molecular complexity index is 293. The standard InChI is InChI=1S/C18H32Cl2O2/c1-2-16(18(20)22)14-12-10-8-6-4-3-5-7-9-11-13-15-17(19)21/h16H,2-15H2,1H3. The van der Waals surface area contributed by atoms with Gasteiger partial charge in [0.25, 0.3) is 0 Å². The van der Waals surface area contributed by atoms with Crippen LogP contribution in [0.3, 0.4) is 0 Å². The quantitative estimate of drug-likeness (QED) is 0.231. The molecule has 0 radical (unpaired) electrons. The van der Waals surface area contributed by atoms with Crippen LogP contribution in [0.25, 0.3) is 0 Å². The minimum absolute atomic E-state index is 0.0655. The second kappa shape index (κ2) is 15.8. The Kier molecular flexibility index (Phi) is 15.7. The summed E-state index contributed by atoms with van der Waals surface area (Å²) in [5.74, 6) is 0.0655. The average Bonchev–Trinajstić information content (AvgIpc) is 2.47. The normalized spacial score (nSPS) is 12.3. The highest BCUT2D eigenvalue weighted by atomic mass is 35.5. The molecule has 0 aromatic rings. The van der Waals surface area contributed by atoms with Gasteiger partial charge in [-0.1, -0.05) is 71.1 Å². The van der Waals surface area contributed by atoms with Crippen molar-refractivity contribution in [3.63, 3.8) is 0 Å². The number of rotatable bonds is 16. The van der Waals surface area contributed by atoms with Gasteiger partial charge >= 0.3 is 0 Å². The number of unbranched alkanes of at least 4 members (excludes halogenated alkanes) is 10. The Labute approximate surface area is 146 Å².